The SMILES string of the molecule is CCCCCCCCc1cccc(C2=C(CCCC)C(CCCCC)=C(c3cccc(CCCCCCCC)c3)[N+]2=[N-])c1.[CH2-]CCC.[CH2-]CCC.[Pd+2]. The van der Waals surface area contributed by atoms with Crippen LogP contribution in [-0.2, 0) is 33.3 Å². The van der Waals surface area contributed by atoms with E-state index in [0.717, 1.165) is 62.8 Å². The molecule has 1 heterocycles. The molecule has 0 aliphatic carbocycles. The Balaban J connectivity index is 0.00000261. The summed E-state index contributed by atoms with van der Waals surface area (Å²) in [6.45, 7) is 20.6. The molecule has 1 aliphatic rings. The average Bonchev–Trinajstić information content (AvgIpc) is 3.44. The van der Waals surface area contributed by atoms with Crippen molar-refractivity contribution in [3.05, 3.63) is 101 Å². The van der Waals surface area contributed by atoms with Crippen molar-refractivity contribution in [2.45, 2.75) is 202 Å². The first-order valence-electron chi connectivity index (χ1n) is 21.7. The van der Waals surface area contributed by atoms with E-state index in [1.807, 2.05) is 0 Å². The maximum absolute atomic E-state index is 12.0. The molecule has 2 aromatic rings. The van der Waals surface area contributed by atoms with Crippen molar-refractivity contribution in [1.82, 2.24) is 0 Å². The summed E-state index contributed by atoms with van der Waals surface area (Å²) >= 11 is 0. The fourth-order valence-electron chi connectivity index (χ4n) is 6.66. The minimum atomic E-state index is 0. The minimum absolute atomic E-state index is 0. The molecule has 0 saturated heterocycles. The summed E-state index contributed by atoms with van der Waals surface area (Å²) in [6.07, 6.45) is 30.6. The molecule has 2 aromatic carbocycles. The van der Waals surface area contributed by atoms with Gasteiger partial charge in [0, 0.05) is 22.3 Å². The van der Waals surface area contributed by atoms with Crippen LogP contribution in [0.2, 0.25) is 0 Å². The van der Waals surface area contributed by atoms with Crippen LogP contribution in [0.4, 0.5) is 0 Å². The van der Waals surface area contributed by atoms with Crippen LogP contribution in [0.1, 0.15) is 211 Å². The monoisotopic (exact) mass is 803 g/mol. The van der Waals surface area contributed by atoms with Gasteiger partial charge < -0.3 is 19.4 Å². The predicted molar refractivity (Wildman–Crippen MR) is 229 cm³/mol. The first-order chi connectivity index (χ1) is 25.0. The molecule has 0 radical (unpaired) electrons. The Labute approximate surface area is 338 Å². The Morgan fingerprint density at radius 3 is 1.15 bits per heavy atom. The summed E-state index contributed by atoms with van der Waals surface area (Å²) in [7, 11) is 0. The van der Waals surface area contributed by atoms with E-state index in [1.165, 1.54) is 143 Å². The maximum atomic E-state index is 12.0. The Morgan fingerprint density at radius 2 is 0.769 bits per heavy atom. The van der Waals surface area contributed by atoms with Crippen LogP contribution < -0.4 is 0 Å². The second-order valence-electron chi connectivity index (χ2n) is 14.7. The van der Waals surface area contributed by atoms with Crippen LogP contribution in [0.15, 0.2) is 59.7 Å². The van der Waals surface area contributed by atoms with E-state index in [4.69, 9.17) is 0 Å². The van der Waals surface area contributed by atoms with Crippen molar-refractivity contribution in [3.8, 4) is 0 Å². The number of aryl methyl sites for hydroxylation is 2. The van der Waals surface area contributed by atoms with E-state index in [1.54, 1.807) is 4.70 Å². The summed E-state index contributed by atoms with van der Waals surface area (Å²) in [5, 5.41) is 0. The second-order valence-corrected chi connectivity index (χ2v) is 14.7. The van der Waals surface area contributed by atoms with Gasteiger partial charge >= 0.3 is 20.4 Å². The standard InChI is InChI=1S/C41H62N2.2C4H9.Pd/c1-5-9-13-15-17-20-24-34-26-22-28-36(32-34)40-38(30-12-8-4)39(31-19-11-7-3)41(43(40)42)37-29-23-27-35(33-37)25-21-18-16-14-10-6-2;2*1-3-4-2;/h22-23,26-29,32-33H,5-21,24-25,30-31H2,1-4H3;2*1,3-4H2,2H3;/q;2*-1;+2. The molecule has 0 N–H and O–H groups in total. The number of unbranched alkanes of at least 4 members (excludes halogenated alkanes) is 15. The predicted octanol–water partition coefficient (Wildman–Crippen LogP) is 16.7. The van der Waals surface area contributed by atoms with Gasteiger partial charge in [-0.05, 0) is 86.8 Å². The molecule has 0 atom stereocenters. The van der Waals surface area contributed by atoms with Crippen molar-refractivity contribution >= 4 is 11.4 Å². The van der Waals surface area contributed by atoms with Crippen molar-refractivity contribution in [3.63, 3.8) is 0 Å². The number of allylic oxidation sites excluding steroid dienone is 2. The van der Waals surface area contributed by atoms with Gasteiger partial charge in [0.25, 0.3) is 0 Å². The fourth-order valence-corrected chi connectivity index (χ4v) is 6.66. The van der Waals surface area contributed by atoms with E-state index in [2.05, 4.69) is 104 Å². The van der Waals surface area contributed by atoms with Crippen molar-refractivity contribution in [2.75, 3.05) is 0 Å². The zero-order valence-corrected chi connectivity index (χ0v) is 36.5. The van der Waals surface area contributed by atoms with Gasteiger partial charge in [0.15, 0.2) is 0 Å². The summed E-state index contributed by atoms with van der Waals surface area (Å²) in [6, 6.07) is 18.1. The molecule has 2 nitrogen and oxygen atoms in total. The Kier molecular flexibility index (Phi) is 32.5. The molecule has 3 heteroatoms. The normalized spacial score (nSPS) is 12.3. The fraction of sp³-hybridized carbons (Fsp3) is 0.633. The summed E-state index contributed by atoms with van der Waals surface area (Å²) in [5.41, 5.74) is 22.0. The van der Waals surface area contributed by atoms with E-state index < -0.39 is 0 Å². The second kappa shape index (κ2) is 33.7. The maximum Gasteiger partial charge on any atom is 2.00 e. The molecule has 52 heavy (non-hydrogen) atoms. The molecule has 1 aliphatic heterocycles. The van der Waals surface area contributed by atoms with E-state index >= 15 is 0 Å². The molecule has 0 aromatic heterocycles. The molecular weight excluding hydrogens is 723 g/mol. The minimum Gasteiger partial charge on any atom is -0.493 e. The van der Waals surface area contributed by atoms with Gasteiger partial charge in [0.05, 0.1) is 0 Å². The zero-order valence-electron chi connectivity index (χ0n) is 34.9. The quantitative estimate of drug-likeness (QED) is 0.0414. The summed E-state index contributed by atoms with van der Waals surface area (Å²) < 4.78 is 1.58. The first kappa shape index (κ1) is 50.2. The summed E-state index contributed by atoms with van der Waals surface area (Å²) in [4.78, 5) is 0. The van der Waals surface area contributed by atoms with Crippen LogP contribution in [0.5, 0.6) is 0 Å². The van der Waals surface area contributed by atoms with Gasteiger partial charge in [-0.1, -0.05) is 162 Å². The van der Waals surface area contributed by atoms with Crippen LogP contribution in [0, 0.1) is 13.8 Å². The molecule has 0 saturated carbocycles. The Bertz CT molecular complexity index is 1230. The number of hydrogen-bond acceptors (Lipinski definition) is 0. The molecule has 0 unspecified atom stereocenters. The molecule has 0 bridgehead atoms. The molecule has 296 valence electrons. The average molecular weight is 804 g/mol. The molecule has 0 amide bonds. The van der Waals surface area contributed by atoms with E-state index in [-0.39, 0.29) is 20.4 Å². The van der Waals surface area contributed by atoms with Gasteiger partial charge in [0.2, 0.25) is 11.4 Å². The molecular formula is C49H80N2Pd. The molecule has 0 fully saturated rings. The topological polar surface area (TPSA) is 25.3 Å². The number of benzene rings is 2. The van der Waals surface area contributed by atoms with Gasteiger partial charge in [-0.3, -0.25) is 0 Å². The Morgan fingerprint density at radius 1 is 0.442 bits per heavy atom. The van der Waals surface area contributed by atoms with Crippen molar-refractivity contribution in [2.24, 2.45) is 0 Å². The van der Waals surface area contributed by atoms with Crippen LogP contribution in [0.25, 0.3) is 16.9 Å². The Hall–Kier alpha value is -1.82. The zero-order chi connectivity index (χ0) is 37.5. The van der Waals surface area contributed by atoms with Crippen molar-refractivity contribution < 1.29 is 25.1 Å². The van der Waals surface area contributed by atoms with Gasteiger partial charge in [-0.2, -0.15) is 12.8 Å². The first-order valence-corrected chi connectivity index (χ1v) is 21.7. The van der Waals surface area contributed by atoms with Crippen LogP contribution in [-0.4, -0.2) is 4.70 Å². The molecule has 3 rings (SSSR count). The van der Waals surface area contributed by atoms with E-state index in [9.17, 15) is 5.53 Å². The molecule has 0 spiro atoms. The third-order valence-corrected chi connectivity index (χ3v) is 9.92. The number of hydrogen-bond donors (Lipinski definition) is 0. The largest absolute Gasteiger partial charge is 2.00 e. The van der Waals surface area contributed by atoms with Crippen LogP contribution in [0.3, 0.4) is 0 Å². The van der Waals surface area contributed by atoms with Gasteiger partial charge in [-0.15, -0.1) is 0 Å². The van der Waals surface area contributed by atoms with E-state index in [0.29, 0.717) is 0 Å². The number of nitrogens with zero attached hydrogens (tertiary/aromatic N) is 2. The van der Waals surface area contributed by atoms with Gasteiger partial charge in [0.1, 0.15) is 0 Å². The third kappa shape index (κ3) is 20.0. The van der Waals surface area contributed by atoms with Gasteiger partial charge in [-0.25, -0.2) is 4.70 Å². The summed E-state index contributed by atoms with van der Waals surface area (Å²) in [5.74, 6) is 0. The smallest absolute Gasteiger partial charge is 0.493 e. The van der Waals surface area contributed by atoms with Crippen molar-refractivity contribution in [1.29, 1.82) is 0 Å². The third-order valence-electron chi connectivity index (χ3n) is 9.92. The number of rotatable bonds is 25. The van der Waals surface area contributed by atoms with Crippen LogP contribution >= 0.6 is 0 Å².